The van der Waals surface area contributed by atoms with Gasteiger partial charge in [-0.2, -0.15) is 15.0 Å². The van der Waals surface area contributed by atoms with Gasteiger partial charge >= 0.3 is 0 Å². The molecule has 0 unspecified atom stereocenters. The highest BCUT2D eigenvalue weighted by Gasteiger charge is 2.18. The molecule has 0 spiro atoms. The van der Waals surface area contributed by atoms with Crippen LogP contribution >= 0.6 is 0 Å². The average Bonchev–Trinajstić information content (AvgIpc) is 2.56. The number of methoxy groups -OCH3 is 1. The topological polar surface area (TPSA) is 106 Å². The van der Waals surface area contributed by atoms with E-state index in [0.717, 1.165) is 38.5 Å². The van der Waals surface area contributed by atoms with Gasteiger partial charge in [-0.1, -0.05) is 12.1 Å². The average molecular weight is 329 g/mol. The molecule has 8 heteroatoms. The van der Waals surface area contributed by atoms with E-state index in [1.165, 1.54) is 5.56 Å². The Balaban J connectivity index is 1.50. The van der Waals surface area contributed by atoms with Gasteiger partial charge in [-0.15, -0.1) is 0 Å². The van der Waals surface area contributed by atoms with Crippen molar-refractivity contribution in [2.75, 3.05) is 44.8 Å². The number of aromatic nitrogens is 3. The molecule has 2 aromatic rings. The van der Waals surface area contributed by atoms with Crippen molar-refractivity contribution in [1.82, 2.24) is 24.8 Å². The number of benzene rings is 1. The highest BCUT2D eigenvalue weighted by atomic mass is 16.5. The highest BCUT2D eigenvalue weighted by molar-refractivity contribution is 5.27. The van der Waals surface area contributed by atoms with Crippen molar-refractivity contribution in [3.8, 4) is 5.75 Å². The molecule has 0 radical (unpaired) electrons. The maximum atomic E-state index is 5.62. The van der Waals surface area contributed by atoms with E-state index >= 15 is 0 Å². The van der Waals surface area contributed by atoms with Crippen molar-refractivity contribution < 1.29 is 4.74 Å². The summed E-state index contributed by atoms with van der Waals surface area (Å²) in [5, 5.41) is 0. The summed E-state index contributed by atoms with van der Waals surface area (Å²) in [6, 6.07) is 8.23. The van der Waals surface area contributed by atoms with E-state index in [4.69, 9.17) is 16.2 Å². The molecule has 1 aliphatic rings. The van der Waals surface area contributed by atoms with Crippen LogP contribution in [0.5, 0.6) is 5.75 Å². The zero-order valence-corrected chi connectivity index (χ0v) is 13.9. The van der Waals surface area contributed by atoms with Gasteiger partial charge in [0.25, 0.3) is 0 Å². The third-order valence-electron chi connectivity index (χ3n) is 4.11. The molecule has 0 bridgehead atoms. The lowest BCUT2D eigenvalue weighted by Crippen LogP contribution is -2.45. The molecule has 0 saturated carbocycles. The summed E-state index contributed by atoms with van der Waals surface area (Å²) in [6.07, 6.45) is 0. The Hall–Kier alpha value is -2.45. The fourth-order valence-electron chi connectivity index (χ4n) is 2.82. The van der Waals surface area contributed by atoms with Crippen molar-refractivity contribution >= 4 is 11.9 Å². The fraction of sp³-hybridized carbons (Fsp3) is 0.438. The third-order valence-corrected chi connectivity index (χ3v) is 4.11. The van der Waals surface area contributed by atoms with Crippen molar-refractivity contribution in [3.63, 3.8) is 0 Å². The standard InChI is InChI=1S/C16H23N7O/c1-24-13-4-2-12(3-5-13)10-22-6-8-23(9-7-22)11-14-19-15(17)21-16(18)20-14/h2-5H,6-11H2,1H3,(H4,17,18,19,20,21). The quantitative estimate of drug-likeness (QED) is 0.810. The number of rotatable bonds is 5. The molecule has 1 fully saturated rings. The van der Waals surface area contributed by atoms with E-state index in [0.29, 0.717) is 12.4 Å². The fourth-order valence-corrected chi connectivity index (χ4v) is 2.82. The summed E-state index contributed by atoms with van der Waals surface area (Å²) >= 11 is 0. The van der Waals surface area contributed by atoms with Crippen LogP contribution in [0, 0.1) is 0 Å². The predicted molar refractivity (Wildman–Crippen MR) is 92.2 cm³/mol. The molecule has 3 rings (SSSR count). The number of hydrogen-bond acceptors (Lipinski definition) is 8. The highest BCUT2D eigenvalue weighted by Crippen LogP contribution is 2.14. The molecule has 1 aromatic carbocycles. The van der Waals surface area contributed by atoms with E-state index in [1.807, 2.05) is 12.1 Å². The van der Waals surface area contributed by atoms with Crippen LogP contribution in [0.25, 0.3) is 0 Å². The molecule has 0 atom stereocenters. The first kappa shape index (κ1) is 16.4. The number of ether oxygens (including phenoxy) is 1. The maximum absolute atomic E-state index is 5.62. The van der Waals surface area contributed by atoms with Gasteiger partial charge in [0.2, 0.25) is 11.9 Å². The van der Waals surface area contributed by atoms with Crippen molar-refractivity contribution in [2.24, 2.45) is 0 Å². The molecule has 0 amide bonds. The number of piperazine rings is 1. The second kappa shape index (κ2) is 7.41. The van der Waals surface area contributed by atoms with Crippen molar-refractivity contribution in [1.29, 1.82) is 0 Å². The first-order valence-electron chi connectivity index (χ1n) is 7.96. The van der Waals surface area contributed by atoms with Gasteiger partial charge < -0.3 is 16.2 Å². The molecule has 2 heterocycles. The minimum Gasteiger partial charge on any atom is -0.497 e. The van der Waals surface area contributed by atoms with Crippen molar-refractivity contribution in [3.05, 3.63) is 35.7 Å². The lowest BCUT2D eigenvalue weighted by molar-refractivity contribution is 0.120. The Labute approximate surface area is 141 Å². The number of nitrogens with two attached hydrogens (primary N) is 2. The lowest BCUT2D eigenvalue weighted by atomic mass is 10.2. The number of nitrogen functional groups attached to an aromatic ring is 2. The second-order valence-electron chi connectivity index (χ2n) is 5.87. The van der Waals surface area contributed by atoms with Crippen LogP contribution in [0.1, 0.15) is 11.4 Å². The van der Waals surface area contributed by atoms with E-state index in [1.54, 1.807) is 7.11 Å². The largest absolute Gasteiger partial charge is 0.497 e. The smallest absolute Gasteiger partial charge is 0.225 e. The number of hydrogen-bond donors (Lipinski definition) is 2. The molecule has 1 saturated heterocycles. The minimum absolute atomic E-state index is 0.177. The molecule has 24 heavy (non-hydrogen) atoms. The normalized spacial score (nSPS) is 16.2. The number of nitrogens with zero attached hydrogens (tertiary/aromatic N) is 5. The molecular weight excluding hydrogens is 306 g/mol. The monoisotopic (exact) mass is 329 g/mol. The minimum atomic E-state index is 0.177. The van der Waals surface area contributed by atoms with Crippen LogP contribution < -0.4 is 16.2 Å². The van der Waals surface area contributed by atoms with Crippen LogP contribution in [0.15, 0.2) is 24.3 Å². The summed E-state index contributed by atoms with van der Waals surface area (Å²) < 4.78 is 5.19. The zero-order chi connectivity index (χ0) is 16.9. The SMILES string of the molecule is COc1ccc(CN2CCN(Cc3nc(N)nc(N)n3)CC2)cc1. The third kappa shape index (κ3) is 4.30. The predicted octanol–water partition coefficient (Wildman–Crippen LogP) is 0.362. The zero-order valence-electron chi connectivity index (χ0n) is 13.9. The lowest BCUT2D eigenvalue weighted by Gasteiger charge is -2.34. The van der Waals surface area contributed by atoms with Crippen molar-refractivity contribution in [2.45, 2.75) is 13.1 Å². The van der Waals surface area contributed by atoms with E-state index in [2.05, 4.69) is 36.9 Å². The second-order valence-corrected chi connectivity index (χ2v) is 5.87. The molecule has 128 valence electrons. The maximum Gasteiger partial charge on any atom is 0.225 e. The molecule has 4 N–H and O–H groups in total. The van der Waals surface area contributed by atoms with E-state index < -0.39 is 0 Å². The first-order chi connectivity index (χ1) is 11.6. The van der Waals surface area contributed by atoms with Gasteiger partial charge in [-0.3, -0.25) is 9.80 Å². The molecule has 1 aliphatic heterocycles. The molecule has 0 aliphatic carbocycles. The first-order valence-corrected chi connectivity index (χ1v) is 7.96. The van der Waals surface area contributed by atoms with Crippen LogP contribution in [-0.2, 0) is 13.1 Å². The van der Waals surface area contributed by atoms with Crippen LogP contribution in [0.3, 0.4) is 0 Å². The van der Waals surface area contributed by atoms with Crippen LogP contribution in [0.4, 0.5) is 11.9 Å². The Kier molecular flexibility index (Phi) is 5.07. The summed E-state index contributed by atoms with van der Waals surface area (Å²) in [5.41, 5.74) is 12.5. The summed E-state index contributed by atoms with van der Waals surface area (Å²) in [7, 11) is 1.68. The molecule has 8 nitrogen and oxygen atoms in total. The Morgan fingerprint density at radius 2 is 1.42 bits per heavy atom. The van der Waals surface area contributed by atoms with Gasteiger partial charge in [-0.05, 0) is 17.7 Å². The van der Waals surface area contributed by atoms with Crippen LogP contribution in [0.2, 0.25) is 0 Å². The van der Waals surface area contributed by atoms with Crippen LogP contribution in [-0.4, -0.2) is 58.0 Å². The van der Waals surface area contributed by atoms with Gasteiger partial charge in [0.1, 0.15) is 11.6 Å². The van der Waals surface area contributed by atoms with E-state index in [9.17, 15) is 0 Å². The van der Waals surface area contributed by atoms with Gasteiger partial charge in [0, 0.05) is 32.7 Å². The van der Waals surface area contributed by atoms with Gasteiger partial charge in [-0.25, -0.2) is 0 Å². The molecular formula is C16H23N7O. The summed E-state index contributed by atoms with van der Waals surface area (Å²) in [6.45, 7) is 5.52. The van der Waals surface area contributed by atoms with Gasteiger partial charge in [0.05, 0.1) is 13.7 Å². The number of anilines is 2. The van der Waals surface area contributed by atoms with E-state index in [-0.39, 0.29) is 11.9 Å². The summed E-state index contributed by atoms with van der Waals surface area (Å²) in [5.74, 6) is 1.87. The Bertz CT molecular complexity index is 648. The van der Waals surface area contributed by atoms with Gasteiger partial charge in [0.15, 0.2) is 0 Å². The Morgan fingerprint density at radius 3 is 1.96 bits per heavy atom. The molecule has 1 aromatic heterocycles. The Morgan fingerprint density at radius 1 is 0.875 bits per heavy atom. The summed E-state index contributed by atoms with van der Waals surface area (Å²) in [4.78, 5) is 16.8.